The number of aromatic nitrogens is 1. The van der Waals surface area contributed by atoms with Crippen LogP contribution in [0.2, 0.25) is 0 Å². The van der Waals surface area contributed by atoms with Crippen LogP contribution in [-0.4, -0.2) is 34.2 Å². The number of alkyl halides is 3. The molecule has 0 bridgehead atoms. The second kappa shape index (κ2) is 8.26. The van der Waals surface area contributed by atoms with E-state index in [0.717, 1.165) is 28.4 Å². The molecule has 2 aromatic rings. The Morgan fingerprint density at radius 2 is 1.84 bits per heavy atom. The number of amides is 3. The Balaban J connectivity index is 1.37. The predicted molar refractivity (Wildman–Crippen MR) is 107 cm³/mol. The maximum atomic E-state index is 12.9. The van der Waals surface area contributed by atoms with Crippen molar-refractivity contribution in [1.29, 1.82) is 0 Å². The van der Waals surface area contributed by atoms with Crippen LogP contribution in [-0.2, 0) is 27.0 Å². The highest BCUT2D eigenvalue weighted by molar-refractivity contribution is 7.15. The zero-order valence-corrected chi connectivity index (χ0v) is 17.0. The van der Waals surface area contributed by atoms with Gasteiger partial charge in [0, 0.05) is 17.5 Å². The number of imide groups is 1. The van der Waals surface area contributed by atoms with Crippen LogP contribution in [0.4, 0.5) is 18.3 Å². The second-order valence-electron chi connectivity index (χ2n) is 7.47. The standard InChI is InChI=1S/C21H18F3N3O3S/c22-21(23,24)13-5-3-4-12(8-13)9-14-10-25-20(31-14)26-17(28)11-27-18(29)15-6-1-2-7-16(15)19(27)30/h1-5,8,10,15-16H,6-7,9,11H2,(H,25,26,28)/t15-,16+. The van der Waals surface area contributed by atoms with Crippen LogP contribution in [0.15, 0.2) is 42.6 Å². The van der Waals surface area contributed by atoms with Crippen molar-refractivity contribution in [1.82, 2.24) is 9.88 Å². The third-order valence-corrected chi connectivity index (χ3v) is 6.25. The fourth-order valence-corrected chi connectivity index (χ4v) is 4.70. The molecular weight excluding hydrogens is 431 g/mol. The maximum Gasteiger partial charge on any atom is 0.416 e. The number of anilines is 1. The molecule has 4 rings (SSSR count). The quantitative estimate of drug-likeness (QED) is 0.558. The van der Waals surface area contributed by atoms with Gasteiger partial charge in [0.05, 0.1) is 17.4 Å². The Bertz CT molecular complexity index is 1040. The summed E-state index contributed by atoms with van der Waals surface area (Å²) in [6, 6.07) is 5.02. The van der Waals surface area contributed by atoms with Crippen molar-refractivity contribution < 1.29 is 27.6 Å². The molecule has 2 atom stereocenters. The lowest BCUT2D eigenvalue weighted by Gasteiger charge is -2.14. The lowest BCUT2D eigenvalue weighted by atomic mass is 9.85. The molecule has 1 fully saturated rings. The number of benzene rings is 1. The number of carbonyl (C=O) groups excluding carboxylic acids is 3. The first-order valence-electron chi connectivity index (χ1n) is 9.63. The van der Waals surface area contributed by atoms with E-state index in [4.69, 9.17) is 0 Å². The SMILES string of the molecule is O=C(CN1C(=O)[C@H]2CC=CC[C@H]2C1=O)Nc1ncc(Cc2cccc(C(F)(F)F)c2)s1. The highest BCUT2D eigenvalue weighted by Crippen LogP contribution is 2.35. The van der Waals surface area contributed by atoms with Gasteiger partial charge in [0.25, 0.3) is 0 Å². The van der Waals surface area contributed by atoms with Gasteiger partial charge in [0.15, 0.2) is 5.13 Å². The van der Waals surface area contributed by atoms with Crippen LogP contribution in [0, 0.1) is 11.8 Å². The van der Waals surface area contributed by atoms with E-state index in [9.17, 15) is 27.6 Å². The predicted octanol–water partition coefficient (Wildman–Crippen LogP) is 3.64. The Hall–Kier alpha value is -3.01. The maximum absolute atomic E-state index is 12.9. The first-order chi connectivity index (χ1) is 14.7. The normalized spacial score (nSPS) is 20.8. The molecule has 1 aliphatic carbocycles. The Morgan fingerprint density at radius 1 is 1.16 bits per heavy atom. The summed E-state index contributed by atoms with van der Waals surface area (Å²) in [5.41, 5.74) is -0.250. The average Bonchev–Trinajstić information content (AvgIpc) is 3.25. The van der Waals surface area contributed by atoms with E-state index in [1.54, 1.807) is 6.07 Å². The zero-order chi connectivity index (χ0) is 22.2. The van der Waals surface area contributed by atoms with Crippen LogP contribution in [0.3, 0.4) is 0 Å². The molecule has 0 radical (unpaired) electrons. The van der Waals surface area contributed by atoms with Gasteiger partial charge in [-0.2, -0.15) is 13.2 Å². The van der Waals surface area contributed by atoms with Crippen LogP contribution in [0.25, 0.3) is 0 Å². The van der Waals surface area contributed by atoms with Crippen LogP contribution < -0.4 is 5.32 Å². The van der Waals surface area contributed by atoms with Gasteiger partial charge < -0.3 is 5.32 Å². The number of thiazole rings is 1. The van der Waals surface area contributed by atoms with Crippen molar-refractivity contribution in [3.63, 3.8) is 0 Å². The summed E-state index contributed by atoms with van der Waals surface area (Å²) in [5.74, 6) is -2.01. The van der Waals surface area contributed by atoms with Gasteiger partial charge in [-0.1, -0.05) is 30.4 Å². The third kappa shape index (κ3) is 4.53. The summed E-state index contributed by atoms with van der Waals surface area (Å²) in [6.45, 7) is -0.382. The van der Waals surface area contributed by atoms with Crippen molar-refractivity contribution in [3.8, 4) is 0 Å². The number of carbonyl (C=O) groups is 3. The number of fused-ring (bicyclic) bond motifs is 1. The van der Waals surface area contributed by atoms with Gasteiger partial charge in [-0.05, 0) is 24.5 Å². The van der Waals surface area contributed by atoms with E-state index in [-0.39, 0.29) is 29.9 Å². The van der Waals surface area contributed by atoms with Crippen molar-refractivity contribution in [2.75, 3.05) is 11.9 Å². The van der Waals surface area contributed by atoms with Gasteiger partial charge in [-0.3, -0.25) is 19.3 Å². The third-order valence-electron chi connectivity index (χ3n) is 5.33. The van der Waals surface area contributed by atoms with Gasteiger partial charge in [-0.25, -0.2) is 4.98 Å². The Morgan fingerprint density at radius 3 is 2.48 bits per heavy atom. The van der Waals surface area contributed by atoms with E-state index in [0.29, 0.717) is 23.3 Å². The summed E-state index contributed by atoms with van der Waals surface area (Å²) in [6.07, 6.45) is 2.04. The first kappa shape index (κ1) is 21.2. The van der Waals surface area contributed by atoms with Crippen LogP contribution >= 0.6 is 11.3 Å². The van der Waals surface area contributed by atoms with E-state index >= 15 is 0 Å². The summed E-state index contributed by atoms with van der Waals surface area (Å²) in [5, 5.41) is 2.81. The number of likely N-dealkylation sites (tertiary alicyclic amines) is 1. The van der Waals surface area contributed by atoms with Gasteiger partial charge in [0.1, 0.15) is 6.54 Å². The smallest absolute Gasteiger partial charge is 0.300 e. The first-order valence-corrected chi connectivity index (χ1v) is 10.4. The Kier molecular flexibility index (Phi) is 5.65. The molecular formula is C21H18F3N3O3S. The summed E-state index contributed by atoms with van der Waals surface area (Å²) >= 11 is 1.13. The molecule has 31 heavy (non-hydrogen) atoms. The van der Waals surface area contributed by atoms with Crippen molar-refractivity contribution in [2.24, 2.45) is 11.8 Å². The molecule has 0 unspecified atom stereocenters. The largest absolute Gasteiger partial charge is 0.416 e. The number of halogens is 3. The fourth-order valence-electron chi connectivity index (χ4n) is 3.83. The molecule has 2 aliphatic rings. The van der Waals surface area contributed by atoms with Crippen molar-refractivity contribution >= 4 is 34.2 Å². The molecule has 0 saturated carbocycles. The van der Waals surface area contributed by atoms with Crippen molar-refractivity contribution in [2.45, 2.75) is 25.4 Å². The van der Waals surface area contributed by atoms with E-state index in [1.807, 2.05) is 12.2 Å². The summed E-state index contributed by atoms with van der Waals surface area (Å²) in [4.78, 5) is 43.0. The van der Waals surface area contributed by atoms with Crippen LogP contribution in [0.5, 0.6) is 0 Å². The van der Waals surface area contributed by atoms with Gasteiger partial charge in [0.2, 0.25) is 17.7 Å². The van der Waals surface area contributed by atoms with Crippen LogP contribution in [0.1, 0.15) is 28.8 Å². The zero-order valence-electron chi connectivity index (χ0n) is 16.2. The number of hydrogen-bond acceptors (Lipinski definition) is 5. The highest BCUT2D eigenvalue weighted by atomic mass is 32.1. The topological polar surface area (TPSA) is 79.4 Å². The molecule has 1 saturated heterocycles. The van der Waals surface area contributed by atoms with E-state index in [1.165, 1.54) is 12.3 Å². The molecule has 1 aromatic heterocycles. The molecule has 162 valence electrons. The van der Waals surface area contributed by atoms with Gasteiger partial charge >= 0.3 is 6.18 Å². The minimum Gasteiger partial charge on any atom is -0.300 e. The molecule has 6 nitrogen and oxygen atoms in total. The molecule has 10 heteroatoms. The molecule has 3 amide bonds. The number of allylic oxidation sites excluding steroid dienone is 2. The molecule has 0 spiro atoms. The fraction of sp³-hybridized carbons (Fsp3) is 0.333. The monoisotopic (exact) mass is 449 g/mol. The average molecular weight is 449 g/mol. The molecule has 1 aromatic carbocycles. The Labute approximate surface area is 179 Å². The summed E-state index contributed by atoms with van der Waals surface area (Å²) in [7, 11) is 0. The second-order valence-corrected chi connectivity index (χ2v) is 8.59. The minimum atomic E-state index is -4.42. The van der Waals surface area contributed by atoms with E-state index < -0.39 is 29.5 Å². The van der Waals surface area contributed by atoms with Crippen molar-refractivity contribution in [3.05, 3.63) is 58.6 Å². The number of rotatable bonds is 5. The molecule has 2 heterocycles. The number of hydrogen-bond donors (Lipinski definition) is 1. The lowest BCUT2D eigenvalue weighted by molar-refractivity contribution is -0.142. The number of nitrogens with one attached hydrogen (secondary N) is 1. The highest BCUT2D eigenvalue weighted by Gasteiger charge is 2.47. The molecule has 1 N–H and O–H groups in total. The minimum absolute atomic E-state index is 0.233. The lowest BCUT2D eigenvalue weighted by Crippen LogP contribution is -2.38. The molecule has 1 aliphatic heterocycles. The summed E-state index contributed by atoms with van der Waals surface area (Å²) < 4.78 is 38.6. The number of nitrogens with zero attached hydrogens (tertiary/aromatic N) is 2. The van der Waals surface area contributed by atoms with Gasteiger partial charge in [-0.15, -0.1) is 11.3 Å². The van der Waals surface area contributed by atoms with E-state index in [2.05, 4.69) is 10.3 Å².